The third-order valence-corrected chi connectivity index (χ3v) is 6.54. The molecule has 0 bridgehead atoms. The Morgan fingerprint density at radius 3 is 1.88 bits per heavy atom. The molecule has 178 valence electrons. The summed E-state index contributed by atoms with van der Waals surface area (Å²) in [6, 6.07) is 6.10. The largest absolute Gasteiger partial charge is 0.423 e. The van der Waals surface area contributed by atoms with E-state index in [0.29, 0.717) is 17.7 Å². The smallest absolute Gasteiger partial charge is 0.343 e. The molecule has 1 unspecified atom stereocenters. The van der Waals surface area contributed by atoms with E-state index in [4.69, 9.17) is 4.74 Å². The summed E-state index contributed by atoms with van der Waals surface area (Å²) in [6.07, 6.45) is 4.11. The zero-order chi connectivity index (χ0) is 24.9. The van der Waals surface area contributed by atoms with Gasteiger partial charge in [-0.2, -0.15) is 0 Å². The third-order valence-electron chi connectivity index (χ3n) is 6.54. The average Bonchev–Trinajstić information content (AvgIpc) is 2.58. The van der Waals surface area contributed by atoms with Crippen molar-refractivity contribution in [1.82, 2.24) is 0 Å². The van der Waals surface area contributed by atoms with Gasteiger partial charge in [-0.05, 0) is 45.4 Å². The van der Waals surface area contributed by atoms with Gasteiger partial charge in [-0.15, -0.1) is 0 Å². The standard InChI is InChI=1S/C29H44O3/c1-25(2,3)20-13-14-23(22(16-20)27(7,8)9)32-24(30)19-15-21(26(4,5)6)18-29(31,17-19)28(10,11)12/h13-17,31H,18H2,1-12H3. The summed E-state index contributed by atoms with van der Waals surface area (Å²) >= 11 is 0. The van der Waals surface area contributed by atoms with Crippen molar-refractivity contribution in [2.45, 2.75) is 106 Å². The first-order chi connectivity index (χ1) is 14.1. The molecule has 0 heterocycles. The topological polar surface area (TPSA) is 46.5 Å². The molecule has 1 atom stereocenters. The summed E-state index contributed by atoms with van der Waals surface area (Å²) in [4.78, 5) is 13.4. The molecule has 0 spiro atoms. The van der Waals surface area contributed by atoms with Gasteiger partial charge in [0.25, 0.3) is 0 Å². The maximum absolute atomic E-state index is 13.4. The fourth-order valence-corrected chi connectivity index (χ4v) is 3.79. The third kappa shape index (κ3) is 5.73. The second-order valence-corrected chi connectivity index (χ2v) is 13.5. The molecule has 2 rings (SSSR count). The lowest BCUT2D eigenvalue weighted by Crippen LogP contribution is -2.44. The van der Waals surface area contributed by atoms with Crippen LogP contribution in [0.3, 0.4) is 0 Å². The quantitative estimate of drug-likeness (QED) is 0.388. The van der Waals surface area contributed by atoms with Crippen LogP contribution in [0.5, 0.6) is 5.75 Å². The molecule has 1 aliphatic rings. The van der Waals surface area contributed by atoms with Crippen LogP contribution in [-0.4, -0.2) is 16.7 Å². The van der Waals surface area contributed by atoms with Crippen molar-refractivity contribution >= 4 is 5.97 Å². The van der Waals surface area contributed by atoms with Crippen molar-refractivity contribution in [3.05, 3.63) is 52.6 Å². The van der Waals surface area contributed by atoms with E-state index in [1.165, 1.54) is 5.56 Å². The molecule has 1 aliphatic carbocycles. The highest BCUT2D eigenvalue weighted by molar-refractivity contribution is 5.94. The SMILES string of the molecule is CC(C)(C)C1=CC(C(=O)Oc2ccc(C(C)(C)C)cc2C(C)(C)C)=CC(O)(C(C)(C)C)C1. The number of hydrogen-bond acceptors (Lipinski definition) is 3. The van der Waals surface area contributed by atoms with Crippen molar-refractivity contribution in [3.8, 4) is 5.75 Å². The molecular formula is C29H44O3. The first kappa shape index (κ1) is 26.4. The highest BCUT2D eigenvalue weighted by Gasteiger charge is 2.43. The number of hydrogen-bond donors (Lipinski definition) is 1. The number of carbonyl (C=O) groups excluding carboxylic acids is 1. The molecule has 3 nitrogen and oxygen atoms in total. The van der Waals surface area contributed by atoms with Gasteiger partial charge in [0.2, 0.25) is 0 Å². The highest BCUT2D eigenvalue weighted by Crippen LogP contribution is 2.45. The lowest BCUT2D eigenvalue weighted by molar-refractivity contribution is -0.130. The Balaban J connectivity index is 2.54. The first-order valence-corrected chi connectivity index (χ1v) is 11.7. The van der Waals surface area contributed by atoms with Gasteiger partial charge in [0.1, 0.15) is 5.75 Å². The fraction of sp³-hybridized carbons (Fsp3) is 0.621. The van der Waals surface area contributed by atoms with E-state index in [1.807, 2.05) is 39.0 Å². The summed E-state index contributed by atoms with van der Waals surface area (Å²) in [5.41, 5.74) is 1.77. The first-order valence-electron chi connectivity index (χ1n) is 11.7. The predicted octanol–water partition coefficient (Wildman–Crippen LogP) is 7.27. The number of rotatable bonds is 2. The molecule has 1 N–H and O–H groups in total. The Hall–Kier alpha value is -1.87. The van der Waals surface area contributed by atoms with Crippen molar-refractivity contribution in [3.63, 3.8) is 0 Å². The minimum absolute atomic E-state index is 0.00197. The summed E-state index contributed by atoms with van der Waals surface area (Å²) < 4.78 is 5.98. The number of aliphatic hydroxyl groups is 1. The maximum atomic E-state index is 13.4. The average molecular weight is 441 g/mol. The normalized spacial score (nSPS) is 20.5. The van der Waals surface area contributed by atoms with E-state index in [9.17, 15) is 9.90 Å². The van der Waals surface area contributed by atoms with Crippen molar-refractivity contribution in [2.24, 2.45) is 10.8 Å². The predicted molar refractivity (Wildman–Crippen MR) is 134 cm³/mol. The van der Waals surface area contributed by atoms with Crippen LogP contribution >= 0.6 is 0 Å². The summed E-state index contributed by atoms with van der Waals surface area (Å²) in [5.74, 6) is 0.148. The van der Waals surface area contributed by atoms with Crippen molar-refractivity contribution < 1.29 is 14.6 Å². The van der Waals surface area contributed by atoms with Gasteiger partial charge < -0.3 is 9.84 Å². The summed E-state index contributed by atoms with van der Waals surface area (Å²) in [6.45, 7) is 25.3. The zero-order valence-corrected chi connectivity index (χ0v) is 22.4. The monoisotopic (exact) mass is 440 g/mol. The van der Waals surface area contributed by atoms with Crippen LogP contribution in [0.25, 0.3) is 0 Å². The molecule has 0 radical (unpaired) electrons. The van der Waals surface area contributed by atoms with Crippen LogP contribution in [0.4, 0.5) is 0 Å². The molecule has 0 saturated carbocycles. The Labute approximate surface area is 196 Å². The molecule has 32 heavy (non-hydrogen) atoms. The van der Waals surface area contributed by atoms with Crippen LogP contribution in [0.15, 0.2) is 41.5 Å². The van der Waals surface area contributed by atoms with Crippen LogP contribution in [0, 0.1) is 10.8 Å². The van der Waals surface area contributed by atoms with E-state index in [2.05, 4.69) is 68.4 Å². The molecule has 0 saturated heterocycles. The zero-order valence-electron chi connectivity index (χ0n) is 22.4. The Morgan fingerprint density at radius 2 is 1.44 bits per heavy atom. The van der Waals surface area contributed by atoms with Gasteiger partial charge in [0.15, 0.2) is 0 Å². The molecule has 3 heteroatoms. The lowest BCUT2D eigenvalue weighted by Gasteiger charge is -2.43. The van der Waals surface area contributed by atoms with Gasteiger partial charge >= 0.3 is 5.97 Å². The molecule has 1 aromatic rings. The van der Waals surface area contributed by atoms with Gasteiger partial charge in [0.05, 0.1) is 11.2 Å². The molecule has 0 aliphatic heterocycles. The Morgan fingerprint density at radius 1 is 0.875 bits per heavy atom. The fourth-order valence-electron chi connectivity index (χ4n) is 3.79. The van der Waals surface area contributed by atoms with E-state index in [-0.39, 0.29) is 16.2 Å². The van der Waals surface area contributed by atoms with Gasteiger partial charge in [-0.1, -0.05) is 101 Å². The van der Waals surface area contributed by atoms with E-state index in [1.54, 1.807) is 6.08 Å². The maximum Gasteiger partial charge on any atom is 0.343 e. The van der Waals surface area contributed by atoms with E-state index >= 15 is 0 Å². The summed E-state index contributed by atoms with van der Waals surface area (Å²) in [5, 5.41) is 11.5. The second-order valence-electron chi connectivity index (χ2n) is 13.5. The number of ether oxygens (including phenoxy) is 1. The molecule has 0 amide bonds. The number of esters is 1. The van der Waals surface area contributed by atoms with Crippen LogP contribution in [-0.2, 0) is 15.6 Å². The Bertz CT molecular complexity index is 935. The van der Waals surface area contributed by atoms with Crippen LogP contribution in [0.2, 0.25) is 0 Å². The minimum atomic E-state index is -1.12. The summed E-state index contributed by atoms with van der Waals surface area (Å²) in [7, 11) is 0. The van der Waals surface area contributed by atoms with Crippen molar-refractivity contribution in [2.75, 3.05) is 0 Å². The van der Waals surface area contributed by atoms with E-state index in [0.717, 1.165) is 11.1 Å². The number of carbonyl (C=O) groups is 1. The van der Waals surface area contributed by atoms with Crippen LogP contribution in [0.1, 0.15) is 101 Å². The second kappa shape index (κ2) is 8.17. The van der Waals surface area contributed by atoms with Gasteiger partial charge in [-0.3, -0.25) is 0 Å². The molecule has 0 aromatic heterocycles. The number of benzene rings is 1. The molecular weight excluding hydrogens is 396 g/mol. The van der Waals surface area contributed by atoms with E-state index < -0.39 is 17.0 Å². The Kier molecular flexibility index (Phi) is 6.73. The molecule has 1 aromatic carbocycles. The van der Waals surface area contributed by atoms with Crippen LogP contribution < -0.4 is 4.74 Å². The lowest BCUT2D eigenvalue weighted by atomic mass is 9.66. The van der Waals surface area contributed by atoms with Gasteiger partial charge in [-0.25, -0.2) is 4.79 Å². The van der Waals surface area contributed by atoms with Crippen molar-refractivity contribution in [1.29, 1.82) is 0 Å². The minimum Gasteiger partial charge on any atom is -0.423 e. The van der Waals surface area contributed by atoms with Gasteiger partial charge in [0, 0.05) is 12.0 Å². The highest BCUT2D eigenvalue weighted by atomic mass is 16.5. The molecule has 0 fully saturated rings.